The average Bonchev–Trinajstić information content (AvgIpc) is 3.40. The normalized spacial score (nSPS) is 12.0. The van der Waals surface area contributed by atoms with Gasteiger partial charge in [0.05, 0.1) is 16.0 Å². The molecule has 2 aromatic carbocycles. The van der Waals surface area contributed by atoms with Crippen molar-refractivity contribution in [2.24, 2.45) is 5.10 Å². The van der Waals surface area contributed by atoms with Crippen LogP contribution in [0.25, 0.3) is 11.4 Å². The van der Waals surface area contributed by atoms with Gasteiger partial charge in [-0.3, -0.25) is 0 Å². The van der Waals surface area contributed by atoms with Crippen LogP contribution in [0, 0.1) is 4.77 Å². The van der Waals surface area contributed by atoms with Crippen molar-refractivity contribution < 1.29 is 8.42 Å². The molecule has 0 amide bonds. The predicted molar refractivity (Wildman–Crippen MR) is 143 cm³/mol. The van der Waals surface area contributed by atoms with Gasteiger partial charge in [0, 0.05) is 24.3 Å². The number of hydrogen-bond acceptors (Lipinski definition) is 8. The van der Waals surface area contributed by atoms with Gasteiger partial charge in [0.25, 0.3) is 0 Å². The van der Waals surface area contributed by atoms with E-state index in [2.05, 4.69) is 25.6 Å². The zero-order valence-electron chi connectivity index (χ0n) is 18.8. The summed E-state index contributed by atoms with van der Waals surface area (Å²) < 4.78 is 29.0. The Morgan fingerprint density at radius 2 is 1.94 bits per heavy atom. The Labute approximate surface area is 217 Å². The number of hydrogen-bond donors (Lipinski definition) is 2. The Balaban J connectivity index is 1.64. The van der Waals surface area contributed by atoms with E-state index in [4.69, 9.17) is 23.8 Å². The van der Waals surface area contributed by atoms with Gasteiger partial charge in [0.15, 0.2) is 16.1 Å². The second kappa shape index (κ2) is 10.8. The number of rotatable bonds is 9. The van der Waals surface area contributed by atoms with Crippen LogP contribution in [0.3, 0.4) is 0 Å². The Bertz CT molecular complexity index is 1510. The number of aromatic amines is 1. The molecule has 35 heavy (non-hydrogen) atoms. The standard InChI is InChI=1S/C22H22ClN7O2S3/c1-3-29(4-2)35(31,32)17-12-8-9-15(13-17)20-27-28-22(33)30(20)24-14-18-19(23)26-21(34-18)25-16-10-6-5-7-11-16/h5-14H,3-4H2,1-2H3,(H,25,26)(H,28,33)/b24-14-. The van der Waals surface area contributed by atoms with Crippen LogP contribution in [-0.4, -0.2) is 51.9 Å². The molecule has 0 aliphatic carbocycles. The lowest BCUT2D eigenvalue weighted by Crippen LogP contribution is -2.30. The van der Waals surface area contributed by atoms with E-state index in [0.717, 1.165) is 5.69 Å². The number of benzene rings is 2. The maximum Gasteiger partial charge on any atom is 0.243 e. The van der Waals surface area contributed by atoms with Crippen LogP contribution >= 0.6 is 35.2 Å². The van der Waals surface area contributed by atoms with Crippen LogP contribution < -0.4 is 5.32 Å². The molecular formula is C22H22ClN7O2S3. The first-order chi connectivity index (χ1) is 16.8. The molecule has 0 spiro atoms. The van der Waals surface area contributed by atoms with E-state index in [-0.39, 0.29) is 9.67 Å². The number of anilines is 2. The summed E-state index contributed by atoms with van der Waals surface area (Å²) in [6.07, 6.45) is 1.54. The van der Waals surface area contributed by atoms with Crippen molar-refractivity contribution in [3.05, 3.63) is 69.4 Å². The first kappa shape index (κ1) is 25.2. The van der Waals surface area contributed by atoms with Crippen molar-refractivity contribution in [3.63, 3.8) is 0 Å². The largest absolute Gasteiger partial charge is 0.331 e. The van der Waals surface area contributed by atoms with Crippen LogP contribution in [0.2, 0.25) is 5.15 Å². The highest BCUT2D eigenvalue weighted by Crippen LogP contribution is 2.28. The second-order valence-electron chi connectivity index (χ2n) is 7.19. The number of aromatic nitrogens is 4. The number of nitrogens with zero attached hydrogens (tertiary/aromatic N) is 5. The molecule has 13 heteroatoms. The zero-order valence-corrected chi connectivity index (χ0v) is 22.0. The molecule has 0 atom stereocenters. The van der Waals surface area contributed by atoms with Crippen molar-refractivity contribution in [1.82, 2.24) is 24.2 Å². The lowest BCUT2D eigenvalue weighted by molar-refractivity contribution is 0.445. The molecule has 0 unspecified atom stereocenters. The third-order valence-corrected chi connectivity index (χ3v) is 8.63. The van der Waals surface area contributed by atoms with Gasteiger partial charge in [0.1, 0.15) is 0 Å². The molecule has 2 heterocycles. The van der Waals surface area contributed by atoms with Gasteiger partial charge >= 0.3 is 0 Å². The van der Waals surface area contributed by atoms with Crippen molar-refractivity contribution in [2.45, 2.75) is 18.7 Å². The molecule has 4 aromatic rings. The first-order valence-electron chi connectivity index (χ1n) is 10.6. The number of halogens is 1. The molecule has 2 aromatic heterocycles. The number of sulfonamides is 1. The molecular weight excluding hydrogens is 526 g/mol. The minimum atomic E-state index is -3.63. The van der Waals surface area contributed by atoms with Crippen LogP contribution in [0.1, 0.15) is 18.7 Å². The van der Waals surface area contributed by atoms with Crippen LogP contribution in [-0.2, 0) is 10.0 Å². The van der Waals surface area contributed by atoms with E-state index in [9.17, 15) is 8.42 Å². The van der Waals surface area contributed by atoms with E-state index in [1.165, 1.54) is 20.3 Å². The van der Waals surface area contributed by atoms with Crippen LogP contribution in [0.4, 0.5) is 10.8 Å². The van der Waals surface area contributed by atoms with Crippen molar-refractivity contribution in [3.8, 4) is 11.4 Å². The fraction of sp³-hybridized carbons (Fsp3) is 0.182. The number of nitrogens with one attached hydrogen (secondary N) is 2. The lowest BCUT2D eigenvalue weighted by atomic mass is 10.2. The minimum Gasteiger partial charge on any atom is -0.331 e. The monoisotopic (exact) mass is 547 g/mol. The van der Waals surface area contributed by atoms with Gasteiger partial charge in [-0.1, -0.05) is 67.1 Å². The summed E-state index contributed by atoms with van der Waals surface area (Å²) in [6, 6.07) is 16.2. The zero-order chi connectivity index (χ0) is 25.0. The van der Waals surface area contributed by atoms with E-state index < -0.39 is 10.0 Å². The molecule has 0 bridgehead atoms. The summed E-state index contributed by atoms with van der Waals surface area (Å²) >= 11 is 13.0. The summed E-state index contributed by atoms with van der Waals surface area (Å²) in [4.78, 5) is 5.13. The summed E-state index contributed by atoms with van der Waals surface area (Å²) in [5, 5.41) is 15.5. The molecule has 0 radical (unpaired) electrons. The summed E-state index contributed by atoms with van der Waals surface area (Å²) in [5.41, 5.74) is 1.44. The molecule has 4 rings (SSSR count). The highest BCUT2D eigenvalue weighted by atomic mass is 35.5. The van der Waals surface area contributed by atoms with Gasteiger partial charge in [0.2, 0.25) is 14.8 Å². The summed E-state index contributed by atoms with van der Waals surface area (Å²) in [6.45, 7) is 4.36. The summed E-state index contributed by atoms with van der Waals surface area (Å²) in [7, 11) is -3.63. The highest BCUT2D eigenvalue weighted by Gasteiger charge is 2.22. The Hall–Kier alpha value is -2.90. The SMILES string of the molecule is CCN(CC)S(=O)(=O)c1cccc(-c2n[nH]c(=S)n2/N=C\c2sc(Nc3ccccc3)nc2Cl)c1. The minimum absolute atomic E-state index is 0.172. The van der Waals surface area contributed by atoms with E-state index >= 15 is 0 Å². The number of H-pyrrole nitrogens is 1. The number of thiazole rings is 1. The molecule has 0 aliphatic heterocycles. The van der Waals surface area contributed by atoms with Gasteiger partial charge in [-0.2, -0.15) is 19.2 Å². The van der Waals surface area contributed by atoms with Gasteiger partial charge in [-0.05, 0) is 36.5 Å². The maximum atomic E-state index is 13.0. The maximum absolute atomic E-state index is 13.0. The van der Waals surface area contributed by atoms with Crippen LogP contribution in [0.15, 0.2) is 64.6 Å². The molecule has 9 nitrogen and oxygen atoms in total. The van der Waals surface area contributed by atoms with Crippen LogP contribution in [0.5, 0.6) is 0 Å². The fourth-order valence-corrected chi connectivity index (χ4v) is 6.02. The molecule has 0 fully saturated rings. The quantitative estimate of drug-likeness (QED) is 0.215. The fourth-order valence-electron chi connectivity index (χ4n) is 3.30. The Morgan fingerprint density at radius 3 is 2.66 bits per heavy atom. The van der Waals surface area contributed by atoms with E-state index in [0.29, 0.717) is 39.6 Å². The Kier molecular flexibility index (Phi) is 7.77. The first-order valence-corrected chi connectivity index (χ1v) is 13.7. The van der Waals surface area contributed by atoms with Gasteiger partial charge < -0.3 is 5.32 Å². The lowest BCUT2D eigenvalue weighted by Gasteiger charge is -2.18. The number of para-hydroxylation sites is 1. The molecule has 0 aliphatic rings. The van der Waals surface area contributed by atoms with Crippen molar-refractivity contribution in [1.29, 1.82) is 0 Å². The molecule has 0 saturated heterocycles. The van der Waals surface area contributed by atoms with Crippen molar-refractivity contribution in [2.75, 3.05) is 18.4 Å². The van der Waals surface area contributed by atoms with Crippen molar-refractivity contribution >= 4 is 62.2 Å². The third kappa shape index (κ3) is 5.52. The van der Waals surface area contributed by atoms with E-state index in [1.807, 2.05) is 30.3 Å². The predicted octanol–water partition coefficient (Wildman–Crippen LogP) is 5.37. The Morgan fingerprint density at radius 1 is 1.20 bits per heavy atom. The second-order valence-corrected chi connectivity index (χ2v) is 10.9. The molecule has 0 saturated carbocycles. The molecule has 2 N–H and O–H groups in total. The molecule has 182 valence electrons. The smallest absolute Gasteiger partial charge is 0.243 e. The third-order valence-electron chi connectivity index (χ3n) is 5.01. The van der Waals surface area contributed by atoms with Gasteiger partial charge in [-0.25, -0.2) is 18.5 Å². The summed E-state index contributed by atoms with van der Waals surface area (Å²) in [5.74, 6) is 0.367. The average molecular weight is 548 g/mol. The topological polar surface area (TPSA) is 108 Å². The van der Waals surface area contributed by atoms with Gasteiger partial charge in [-0.15, -0.1) is 0 Å². The van der Waals surface area contributed by atoms with E-state index in [1.54, 1.807) is 44.3 Å². The highest BCUT2D eigenvalue weighted by molar-refractivity contribution is 7.89.